The van der Waals surface area contributed by atoms with E-state index < -0.39 is 0 Å². The fraction of sp³-hybridized carbons (Fsp3) is 0.235. The summed E-state index contributed by atoms with van der Waals surface area (Å²) in [6, 6.07) is 11.2. The minimum Gasteiger partial charge on any atom is -0.463 e. The van der Waals surface area contributed by atoms with E-state index in [1.807, 2.05) is 44.2 Å². The largest absolute Gasteiger partial charge is 0.463 e. The van der Waals surface area contributed by atoms with Crippen molar-refractivity contribution in [3.05, 3.63) is 42.7 Å². The van der Waals surface area contributed by atoms with Crippen LogP contribution < -0.4 is 10.1 Å². The summed E-state index contributed by atoms with van der Waals surface area (Å²) >= 11 is 0. The first-order valence-corrected chi connectivity index (χ1v) is 7.75. The highest BCUT2D eigenvalue weighted by atomic mass is 16.5. The number of nitrogens with one attached hydrogen (secondary N) is 1. The molecule has 2 aromatic heterocycles. The molecule has 7 heteroatoms. The van der Waals surface area contributed by atoms with Crippen LogP contribution in [0.25, 0.3) is 17.3 Å². The van der Waals surface area contributed by atoms with Crippen molar-refractivity contribution in [2.45, 2.75) is 20.3 Å². The van der Waals surface area contributed by atoms with Crippen molar-refractivity contribution in [3.8, 4) is 23.3 Å². The summed E-state index contributed by atoms with van der Waals surface area (Å²) in [6.45, 7) is 4.16. The van der Waals surface area contributed by atoms with E-state index >= 15 is 0 Å². The first-order chi connectivity index (χ1) is 11.7. The fourth-order valence-corrected chi connectivity index (χ4v) is 2.16. The molecule has 2 heterocycles. The van der Waals surface area contributed by atoms with Gasteiger partial charge in [-0.2, -0.15) is 4.98 Å². The molecule has 0 aliphatic carbocycles. The molecule has 0 aliphatic rings. The van der Waals surface area contributed by atoms with Gasteiger partial charge in [0.1, 0.15) is 0 Å². The van der Waals surface area contributed by atoms with Crippen LogP contribution in [0.5, 0.6) is 6.01 Å². The van der Waals surface area contributed by atoms with Gasteiger partial charge in [-0.05, 0) is 43.3 Å². The smallest absolute Gasteiger partial charge is 0.336 e. The van der Waals surface area contributed by atoms with Gasteiger partial charge < -0.3 is 14.5 Å². The third kappa shape index (κ3) is 3.29. The van der Waals surface area contributed by atoms with Gasteiger partial charge in [0.2, 0.25) is 11.7 Å². The predicted molar refractivity (Wildman–Crippen MR) is 89.2 cm³/mol. The minimum atomic E-state index is -0.0292. The molecule has 0 saturated heterocycles. The molecule has 0 radical (unpaired) electrons. The number of aromatic nitrogens is 3. The Bertz CT molecular complexity index is 807. The van der Waals surface area contributed by atoms with E-state index in [0.717, 1.165) is 11.4 Å². The van der Waals surface area contributed by atoms with E-state index in [4.69, 9.17) is 9.15 Å². The Morgan fingerprint density at radius 3 is 2.67 bits per heavy atom. The average Bonchev–Trinajstić information content (AvgIpc) is 3.25. The molecule has 3 rings (SSSR count). The van der Waals surface area contributed by atoms with Gasteiger partial charge in [0.15, 0.2) is 5.76 Å². The molecule has 1 aromatic carbocycles. The average molecular weight is 326 g/mol. The monoisotopic (exact) mass is 326 g/mol. The summed E-state index contributed by atoms with van der Waals surface area (Å²) in [7, 11) is 0. The van der Waals surface area contributed by atoms with Crippen LogP contribution in [0.2, 0.25) is 0 Å². The van der Waals surface area contributed by atoms with Gasteiger partial charge in [0, 0.05) is 12.1 Å². The zero-order chi connectivity index (χ0) is 16.9. The van der Waals surface area contributed by atoms with E-state index in [2.05, 4.69) is 15.4 Å². The van der Waals surface area contributed by atoms with Crippen molar-refractivity contribution in [2.24, 2.45) is 0 Å². The normalized spacial score (nSPS) is 10.6. The molecule has 0 atom stereocenters. The van der Waals surface area contributed by atoms with Crippen molar-refractivity contribution >= 4 is 11.6 Å². The lowest BCUT2D eigenvalue weighted by Crippen LogP contribution is -2.09. The molecule has 0 fully saturated rings. The molecular weight excluding hydrogens is 308 g/mol. The van der Waals surface area contributed by atoms with E-state index in [1.54, 1.807) is 17.0 Å². The van der Waals surface area contributed by atoms with Crippen LogP contribution in [0.4, 0.5) is 5.69 Å². The molecule has 7 nitrogen and oxygen atoms in total. The molecule has 0 spiro atoms. The van der Waals surface area contributed by atoms with Gasteiger partial charge in [-0.1, -0.05) is 6.92 Å². The maximum Gasteiger partial charge on any atom is 0.336 e. The highest BCUT2D eigenvalue weighted by molar-refractivity contribution is 5.90. The molecule has 1 amide bonds. The molecule has 0 aliphatic heterocycles. The topological polar surface area (TPSA) is 82.2 Å². The Morgan fingerprint density at radius 1 is 1.25 bits per heavy atom. The molecule has 0 bridgehead atoms. The van der Waals surface area contributed by atoms with Crippen molar-refractivity contribution in [2.75, 3.05) is 11.9 Å². The SMILES string of the molecule is CCOc1nc(-c2ccco2)n(-c2ccc(NC(=O)CC)cc2)n1. The van der Waals surface area contributed by atoms with Gasteiger partial charge in [0.25, 0.3) is 0 Å². The highest BCUT2D eigenvalue weighted by Gasteiger charge is 2.16. The number of amides is 1. The predicted octanol–water partition coefficient (Wildman–Crippen LogP) is 3.27. The summed E-state index contributed by atoms with van der Waals surface area (Å²) in [4.78, 5) is 15.8. The first-order valence-electron chi connectivity index (χ1n) is 7.75. The summed E-state index contributed by atoms with van der Waals surface area (Å²) < 4.78 is 12.5. The summed E-state index contributed by atoms with van der Waals surface area (Å²) in [5.41, 5.74) is 1.52. The standard InChI is InChI=1S/C17H18N4O3/c1-3-15(22)18-12-7-9-13(10-8-12)21-16(14-6-5-11-24-14)19-17(20-21)23-4-2/h5-11H,3-4H2,1-2H3,(H,18,22). The molecule has 0 saturated carbocycles. The number of anilines is 1. The Morgan fingerprint density at radius 2 is 2.04 bits per heavy atom. The van der Waals surface area contributed by atoms with E-state index in [0.29, 0.717) is 24.6 Å². The first kappa shape index (κ1) is 15.8. The minimum absolute atomic E-state index is 0.0292. The van der Waals surface area contributed by atoms with Gasteiger partial charge >= 0.3 is 6.01 Å². The summed E-state index contributed by atoms with van der Waals surface area (Å²) in [5.74, 6) is 1.11. The van der Waals surface area contributed by atoms with E-state index in [1.165, 1.54) is 0 Å². The number of ether oxygens (including phenoxy) is 1. The zero-order valence-corrected chi connectivity index (χ0v) is 13.5. The van der Waals surface area contributed by atoms with E-state index in [-0.39, 0.29) is 11.9 Å². The quantitative estimate of drug-likeness (QED) is 0.751. The Labute approximate surface area is 139 Å². The molecule has 0 unspecified atom stereocenters. The number of benzene rings is 1. The van der Waals surface area contributed by atoms with Crippen molar-refractivity contribution in [1.82, 2.24) is 14.8 Å². The van der Waals surface area contributed by atoms with Crippen LogP contribution in [0.15, 0.2) is 47.1 Å². The lowest BCUT2D eigenvalue weighted by molar-refractivity contribution is -0.115. The van der Waals surface area contributed by atoms with Crippen molar-refractivity contribution in [3.63, 3.8) is 0 Å². The third-order valence-electron chi connectivity index (χ3n) is 3.32. The van der Waals surface area contributed by atoms with Crippen molar-refractivity contribution < 1.29 is 13.9 Å². The van der Waals surface area contributed by atoms with Crippen LogP contribution in [0.1, 0.15) is 20.3 Å². The van der Waals surface area contributed by atoms with Crippen LogP contribution in [-0.2, 0) is 4.79 Å². The maximum atomic E-state index is 11.5. The van der Waals surface area contributed by atoms with Gasteiger partial charge in [-0.25, -0.2) is 4.68 Å². The number of rotatable bonds is 6. The van der Waals surface area contributed by atoms with Gasteiger partial charge in [-0.15, -0.1) is 5.10 Å². The van der Waals surface area contributed by atoms with Gasteiger partial charge in [-0.3, -0.25) is 4.79 Å². The lowest BCUT2D eigenvalue weighted by atomic mass is 10.2. The zero-order valence-electron chi connectivity index (χ0n) is 13.5. The number of hydrogen-bond donors (Lipinski definition) is 1. The highest BCUT2D eigenvalue weighted by Crippen LogP contribution is 2.24. The molecule has 124 valence electrons. The summed E-state index contributed by atoms with van der Waals surface area (Å²) in [6.07, 6.45) is 2.02. The fourth-order valence-electron chi connectivity index (χ4n) is 2.16. The number of hydrogen-bond acceptors (Lipinski definition) is 5. The van der Waals surface area contributed by atoms with E-state index in [9.17, 15) is 4.79 Å². The Kier molecular flexibility index (Phi) is 4.60. The third-order valence-corrected chi connectivity index (χ3v) is 3.32. The number of carbonyl (C=O) groups is 1. The second-order valence-electron chi connectivity index (χ2n) is 4.99. The number of carbonyl (C=O) groups excluding carboxylic acids is 1. The molecule has 24 heavy (non-hydrogen) atoms. The molecular formula is C17H18N4O3. The summed E-state index contributed by atoms with van der Waals surface area (Å²) in [5, 5.41) is 7.18. The lowest BCUT2D eigenvalue weighted by Gasteiger charge is -2.06. The number of furan rings is 1. The van der Waals surface area contributed by atoms with Crippen LogP contribution in [0, 0.1) is 0 Å². The van der Waals surface area contributed by atoms with Crippen LogP contribution in [-0.4, -0.2) is 27.3 Å². The Balaban J connectivity index is 1.94. The second-order valence-corrected chi connectivity index (χ2v) is 4.99. The molecule has 3 aromatic rings. The maximum absolute atomic E-state index is 11.5. The second kappa shape index (κ2) is 6.99. The van der Waals surface area contributed by atoms with Crippen LogP contribution in [0.3, 0.4) is 0 Å². The van der Waals surface area contributed by atoms with Gasteiger partial charge in [0.05, 0.1) is 18.6 Å². The number of nitrogens with zero attached hydrogens (tertiary/aromatic N) is 3. The Hall–Kier alpha value is -3.09. The molecule has 1 N–H and O–H groups in total. The van der Waals surface area contributed by atoms with Crippen LogP contribution >= 0.6 is 0 Å². The van der Waals surface area contributed by atoms with Crippen molar-refractivity contribution in [1.29, 1.82) is 0 Å².